The second-order valence-electron chi connectivity index (χ2n) is 6.27. The molecule has 4 rings (SSSR count). The van der Waals surface area contributed by atoms with Crippen molar-refractivity contribution in [2.45, 2.75) is 39.7 Å². The smallest absolute Gasteiger partial charge is 0.0375 e. The number of benzene rings is 2. The summed E-state index contributed by atoms with van der Waals surface area (Å²) in [4.78, 5) is 0. The average molecular weight is 294 g/mol. The molecule has 2 aromatic carbocycles. The van der Waals surface area contributed by atoms with E-state index in [-0.39, 0.29) is 0 Å². The Kier molecular flexibility index (Phi) is 4.79. The average Bonchev–Trinajstić information content (AvgIpc) is 2.57. The van der Waals surface area contributed by atoms with E-state index in [1.807, 2.05) is 0 Å². The largest absolute Gasteiger partial charge is 0.385 e. The van der Waals surface area contributed by atoms with Gasteiger partial charge in [-0.15, -0.1) is 0 Å². The van der Waals surface area contributed by atoms with E-state index < -0.39 is 0 Å². The maximum absolute atomic E-state index is 3.40. The van der Waals surface area contributed by atoms with Gasteiger partial charge in [-0.2, -0.15) is 0 Å². The zero-order chi connectivity index (χ0) is 15.4. The number of anilines is 1. The molecular formula is C20H26N2. The van der Waals surface area contributed by atoms with Crippen molar-refractivity contribution in [3.8, 4) is 0 Å². The van der Waals surface area contributed by atoms with E-state index in [2.05, 4.69) is 60.9 Å². The van der Waals surface area contributed by atoms with Crippen molar-refractivity contribution in [3.63, 3.8) is 0 Å². The number of hydrogen-bond donors (Lipinski definition) is 2. The summed E-state index contributed by atoms with van der Waals surface area (Å²) in [5, 5.41) is 6.77. The van der Waals surface area contributed by atoms with E-state index in [1.165, 1.54) is 47.2 Å². The van der Waals surface area contributed by atoms with Crippen LogP contribution in [0.5, 0.6) is 0 Å². The molecule has 2 heterocycles. The Hall–Kier alpha value is -1.80. The molecule has 2 heteroatoms. The summed E-state index contributed by atoms with van der Waals surface area (Å²) in [5.41, 5.74) is 8.77. The van der Waals surface area contributed by atoms with Crippen LogP contribution in [0.1, 0.15) is 34.2 Å². The molecule has 0 fully saturated rings. The lowest BCUT2D eigenvalue weighted by atomic mass is 9.97. The lowest BCUT2D eigenvalue weighted by Gasteiger charge is -2.19. The van der Waals surface area contributed by atoms with Crippen LogP contribution in [0.2, 0.25) is 0 Å². The maximum atomic E-state index is 3.40. The third kappa shape index (κ3) is 3.33. The first-order valence-electron chi connectivity index (χ1n) is 8.36. The Labute approximate surface area is 134 Å². The van der Waals surface area contributed by atoms with E-state index in [0.717, 1.165) is 19.6 Å². The van der Waals surface area contributed by atoms with Crippen molar-refractivity contribution in [2.24, 2.45) is 0 Å². The van der Waals surface area contributed by atoms with E-state index in [4.69, 9.17) is 0 Å². The minimum Gasteiger partial charge on any atom is -0.385 e. The van der Waals surface area contributed by atoms with Crippen molar-refractivity contribution in [1.82, 2.24) is 5.32 Å². The molecule has 2 nitrogen and oxygen atoms in total. The van der Waals surface area contributed by atoms with Crippen LogP contribution in [0, 0.1) is 13.8 Å². The van der Waals surface area contributed by atoms with E-state index >= 15 is 0 Å². The molecule has 22 heavy (non-hydrogen) atoms. The monoisotopic (exact) mass is 294 g/mol. The Morgan fingerprint density at radius 3 is 2.36 bits per heavy atom. The van der Waals surface area contributed by atoms with Gasteiger partial charge >= 0.3 is 0 Å². The molecular weight excluding hydrogens is 268 g/mol. The van der Waals surface area contributed by atoms with Gasteiger partial charge in [-0.05, 0) is 73.5 Å². The zero-order valence-electron chi connectivity index (χ0n) is 13.7. The number of aryl methyl sites for hydroxylation is 2. The van der Waals surface area contributed by atoms with Crippen LogP contribution in [0.3, 0.4) is 0 Å². The predicted octanol–water partition coefficient (Wildman–Crippen LogP) is 3.99. The van der Waals surface area contributed by atoms with Gasteiger partial charge in [-0.1, -0.05) is 30.3 Å². The number of rotatable bonds is 0. The molecule has 2 aliphatic heterocycles. The minimum atomic E-state index is 1.05. The fourth-order valence-electron chi connectivity index (χ4n) is 3.41. The summed E-state index contributed by atoms with van der Waals surface area (Å²) in [7, 11) is 0. The third-order valence-corrected chi connectivity index (χ3v) is 4.70. The molecule has 0 saturated heterocycles. The molecule has 0 saturated carbocycles. The lowest BCUT2D eigenvalue weighted by molar-refractivity contribution is 0.641. The van der Waals surface area contributed by atoms with Gasteiger partial charge in [0.1, 0.15) is 0 Å². The van der Waals surface area contributed by atoms with Gasteiger partial charge in [0, 0.05) is 18.8 Å². The standard InChI is InChI=1S/2C10H13N/c1-8-4-2-6-10-9(8)5-3-7-11-10;1-8-3-2-4-9-7-11-6-5-10(8)9/h2,4,6,11H,3,5,7H2,1H3;2-4,11H,5-7H2,1H3. The SMILES string of the molecule is Cc1cccc2c1CCCN2.Cc1cccc2c1CCNC2. The molecule has 0 amide bonds. The number of nitrogens with one attached hydrogen (secondary N) is 2. The van der Waals surface area contributed by atoms with Crippen LogP contribution in [-0.4, -0.2) is 13.1 Å². The topological polar surface area (TPSA) is 24.1 Å². The fourth-order valence-corrected chi connectivity index (χ4v) is 3.41. The quantitative estimate of drug-likeness (QED) is 0.767. The highest BCUT2D eigenvalue weighted by molar-refractivity contribution is 5.55. The minimum absolute atomic E-state index is 1.05. The Balaban J connectivity index is 0.000000131. The van der Waals surface area contributed by atoms with E-state index in [0.29, 0.717) is 0 Å². The summed E-state index contributed by atoms with van der Waals surface area (Å²) in [5.74, 6) is 0. The van der Waals surface area contributed by atoms with Crippen molar-refractivity contribution < 1.29 is 0 Å². The number of fused-ring (bicyclic) bond motifs is 2. The normalized spacial score (nSPS) is 15.7. The van der Waals surface area contributed by atoms with Crippen LogP contribution in [0.25, 0.3) is 0 Å². The second kappa shape index (κ2) is 6.97. The Morgan fingerprint density at radius 1 is 0.818 bits per heavy atom. The fraction of sp³-hybridized carbons (Fsp3) is 0.400. The lowest BCUT2D eigenvalue weighted by Crippen LogP contribution is -2.24. The molecule has 2 N–H and O–H groups in total. The van der Waals surface area contributed by atoms with Gasteiger partial charge in [-0.25, -0.2) is 0 Å². The van der Waals surface area contributed by atoms with Crippen LogP contribution < -0.4 is 10.6 Å². The predicted molar refractivity (Wildman–Crippen MR) is 94.6 cm³/mol. The van der Waals surface area contributed by atoms with Crippen molar-refractivity contribution >= 4 is 5.69 Å². The molecule has 0 spiro atoms. The molecule has 0 bridgehead atoms. The third-order valence-electron chi connectivity index (χ3n) is 4.70. The van der Waals surface area contributed by atoms with Gasteiger partial charge in [0.2, 0.25) is 0 Å². The van der Waals surface area contributed by atoms with Gasteiger partial charge in [0.25, 0.3) is 0 Å². The van der Waals surface area contributed by atoms with E-state index in [9.17, 15) is 0 Å². The molecule has 116 valence electrons. The molecule has 0 atom stereocenters. The first-order chi connectivity index (χ1) is 10.8. The maximum Gasteiger partial charge on any atom is 0.0375 e. The van der Waals surface area contributed by atoms with Crippen LogP contribution in [0.15, 0.2) is 36.4 Å². The van der Waals surface area contributed by atoms with Crippen molar-refractivity contribution in [3.05, 3.63) is 64.2 Å². The number of hydrogen-bond acceptors (Lipinski definition) is 2. The highest BCUT2D eigenvalue weighted by Gasteiger charge is 2.09. The van der Waals surface area contributed by atoms with Crippen molar-refractivity contribution in [2.75, 3.05) is 18.4 Å². The van der Waals surface area contributed by atoms with Crippen LogP contribution >= 0.6 is 0 Å². The van der Waals surface area contributed by atoms with Crippen molar-refractivity contribution in [1.29, 1.82) is 0 Å². The Bertz CT molecular complexity index is 589. The van der Waals surface area contributed by atoms with Crippen LogP contribution in [-0.2, 0) is 19.4 Å². The summed E-state index contributed by atoms with van der Waals surface area (Å²) in [6.07, 6.45) is 3.72. The second-order valence-corrected chi connectivity index (χ2v) is 6.27. The summed E-state index contributed by atoms with van der Waals surface area (Å²) < 4.78 is 0. The molecule has 2 aromatic rings. The first kappa shape index (κ1) is 15.1. The van der Waals surface area contributed by atoms with Gasteiger partial charge in [0.05, 0.1) is 0 Å². The first-order valence-corrected chi connectivity index (χ1v) is 8.36. The van der Waals surface area contributed by atoms with Gasteiger partial charge in [0.15, 0.2) is 0 Å². The molecule has 0 aliphatic carbocycles. The molecule has 0 aromatic heterocycles. The zero-order valence-corrected chi connectivity index (χ0v) is 13.7. The highest BCUT2D eigenvalue weighted by atomic mass is 14.9. The summed E-state index contributed by atoms with van der Waals surface area (Å²) >= 11 is 0. The summed E-state index contributed by atoms with van der Waals surface area (Å²) in [6.45, 7) is 7.71. The molecule has 0 radical (unpaired) electrons. The van der Waals surface area contributed by atoms with Gasteiger partial charge in [-0.3, -0.25) is 0 Å². The highest BCUT2D eigenvalue weighted by Crippen LogP contribution is 2.24. The molecule has 0 unspecified atom stereocenters. The van der Waals surface area contributed by atoms with Gasteiger partial charge < -0.3 is 10.6 Å². The van der Waals surface area contributed by atoms with Crippen LogP contribution in [0.4, 0.5) is 5.69 Å². The molecule has 2 aliphatic rings. The summed E-state index contributed by atoms with van der Waals surface area (Å²) in [6, 6.07) is 13.0. The Morgan fingerprint density at radius 2 is 1.59 bits per heavy atom. The van der Waals surface area contributed by atoms with E-state index in [1.54, 1.807) is 5.56 Å².